The van der Waals surface area contributed by atoms with Crippen LogP contribution in [0.25, 0.3) is 11.8 Å². The summed E-state index contributed by atoms with van der Waals surface area (Å²) < 4.78 is 6.97. The highest BCUT2D eigenvalue weighted by molar-refractivity contribution is 6.42. The van der Waals surface area contributed by atoms with Gasteiger partial charge < -0.3 is 9.30 Å². The van der Waals surface area contributed by atoms with Crippen LogP contribution in [0.15, 0.2) is 66.4 Å². The van der Waals surface area contributed by atoms with E-state index in [1.54, 1.807) is 42.1 Å². The van der Waals surface area contributed by atoms with Crippen molar-refractivity contribution in [1.29, 1.82) is 0 Å². The highest BCUT2D eigenvalue weighted by Gasteiger charge is 2.37. The van der Waals surface area contributed by atoms with Crippen molar-refractivity contribution < 1.29 is 19.1 Å². The minimum absolute atomic E-state index is 0.103. The van der Waals surface area contributed by atoms with Crippen molar-refractivity contribution in [2.24, 2.45) is 0 Å². The van der Waals surface area contributed by atoms with Crippen LogP contribution in [-0.2, 0) is 9.59 Å². The predicted octanol–water partition coefficient (Wildman–Crippen LogP) is 4.46. The average Bonchev–Trinajstić information content (AvgIpc) is 3.21. The zero-order chi connectivity index (χ0) is 22.1. The van der Waals surface area contributed by atoms with Gasteiger partial charge >= 0.3 is 6.03 Å². The molecular weight excluding hydrogens is 441 g/mol. The van der Waals surface area contributed by atoms with Crippen LogP contribution in [0, 0.1) is 0 Å². The van der Waals surface area contributed by atoms with Gasteiger partial charge in [0.05, 0.1) is 17.8 Å². The molecule has 0 aliphatic carbocycles. The Hall–Kier alpha value is -3.55. The highest BCUT2D eigenvalue weighted by atomic mass is 35.5. The summed E-state index contributed by atoms with van der Waals surface area (Å²) in [5, 5.41) is 2.63. The fraction of sp³-hybridized carbons (Fsp3) is 0.0455. The summed E-state index contributed by atoms with van der Waals surface area (Å²) in [5.74, 6) is -0.883. The van der Waals surface area contributed by atoms with Gasteiger partial charge in [0.25, 0.3) is 11.8 Å². The van der Waals surface area contributed by atoms with E-state index in [-0.39, 0.29) is 16.3 Å². The number of imide groups is 2. The molecule has 0 bridgehead atoms. The number of nitrogens with zero attached hydrogens (tertiary/aromatic N) is 2. The highest BCUT2D eigenvalue weighted by Crippen LogP contribution is 2.31. The molecule has 1 aliphatic heterocycles. The van der Waals surface area contributed by atoms with Gasteiger partial charge in [-0.2, -0.15) is 0 Å². The van der Waals surface area contributed by atoms with Gasteiger partial charge in [0.1, 0.15) is 11.3 Å². The van der Waals surface area contributed by atoms with Crippen LogP contribution in [0.3, 0.4) is 0 Å². The van der Waals surface area contributed by atoms with Crippen LogP contribution in [0.4, 0.5) is 10.5 Å². The number of methoxy groups -OCH3 is 1. The second kappa shape index (κ2) is 8.29. The molecule has 0 saturated carbocycles. The smallest absolute Gasteiger partial charge is 0.335 e. The standard InChI is InChI=1S/C22H15Cl2N3O4/c1-31-16-7-5-14(6-8-16)26-10-2-3-15(26)12-17-20(28)25-22(30)27(21(17)29)19-9-4-13(23)11-18(19)24/h2-12H,1H3,(H,25,28,30)/b17-12+. The minimum atomic E-state index is -0.887. The summed E-state index contributed by atoms with van der Waals surface area (Å²) >= 11 is 12.1. The number of anilines is 1. The molecule has 1 N–H and O–H groups in total. The van der Waals surface area contributed by atoms with E-state index in [9.17, 15) is 14.4 Å². The maximum absolute atomic E-state index is 13.1. The minimum Gasteiger partial charge on any atom is -0.497 e. The second-order valence-corrected chi connectivity index (χ2v) is 7.40. The van der Waals surface area contributed by atoms with Crippen LogP contribution >= 0.6 is 23.2 Å². The predicted molar refractivity (Wildman–Crippen MR) is 118 cm³/mol. The van der Waals surface area contributed by atoms with Crippen molar-refractivity contribution in [3.63, 3.8) is 0 Å². The van der Waals surface area contributed by atoms with Gasteiger partial charge in [0.15, 0.2) is 0 Å². The maximum Gasteiger partial charge on any atom is 0.335 e. The van der Waals surface area contributed by atoms with Crippen molar-refractivity contribution in [3.05, 3.63) is 82.1 Å². The van der Waals surface area contributed by atoms with E-state index in [1.165, 1.54) is 24.3 Å². The number of barbiturate groups is 1. The Kier molecular flexibility index (Phi) is 5.54. The van der Waals surface area contributed by atoms with Gasteiger partial charge in [-0.3, -0.25) is 14.9 Å². The molecule has 0 atom stereocenters. The number of benzene rings is 2. The third-order valence-corrected chi connectivity index (χ3v) is 5.21. The molecule has 0 unspecified atom stereocenters. The van der Waals surface area contributed by atoms with E-state index in [0.717, 1.165) is 10.6 Å². The lowest BCUT2D eigenvalue weighted by atomic mass is 10.1. The van der Waals surface area contributed by atoms with Crippen molar-refractivity contribution >= 4 is 52.8 Å². The molecule has 1 fully saturated rings. The topological polar surface area (TPSA) is 80.6 Å². The molecule has 2 aromatic carbocycles. The van der Waals surface area contributed by atoms with E-state index < -0.39 is 17.8 Å². The quantitative estimate of drug-likeness (QED) is 0.465. The van der Waals surface area contributed by atoms with Gasteiger partial charge in [-0.1, -0.05) is 23.2 Å². The molecule has 2 heterocycles. The molecule has 156 valence electrons. The van der Waals surface area contributed by atoms with Crippen LogP contribution in [0.1, 0.15) is 5.69 Å². The maximum atomic E-state index is 13.1. The number of nitrogens with one attached hydrogen (secondary N) is 1. The first kappa shape index (κ1) is 20.7. The number of urea groups is 1. The Morgan fingerprint density at radius 3 is 2.42 bits per heavy atom. The van der Waals surface area contributed by atoms with Gasteiger partial charge in [0.2, 0.25) is 0 Å². The number of halogens is 2. The summed E-state index contributed by atoms with van der Waals surface area (Å²) in [6.45, 7) is 0. The average molecular weight is 456 g/mol. The zero-order valence-corrected chi connectivity index (χ0v) is 17.6. The SMILES string of the molecule is COc1ccc(-n2cccc2/C=C2\C(=O)NC(=O)N(c3ccc(Cl)cc3Cl)C2=O)cc1. The monoisotopic (exact) mass is 455 g/mol. The molecule has 0 radical (unpaired) electrons. The van der Waals surface area contributed by atoms with E-state index in [4.69, 9.17) is 27.9 Å². The lowest BCUT2D eigenvalue weighted by molar-refractivity contribution is -0.122. The molecule has 3 aromatic rings. The summed E-state index contributed by atoms with van der Waals surface area (Å²) in [6.07, 6.45) is 3.21. The largest absolute Gasteiger partial charge is 0.497 e. The molecule has 1 aliphatic rings. The Labute approximate surface area is 187 Å². The molecule has 31 heavy (non-hydrogen) atoms. The summed E-state index contributed by atoms with van der Waals surface area (Å²) in [5.41, 5.74) is 1.28. The first-order valence-electron chi connectivity index (χ1n) is 9.07. The number of ether oxygens (including phenoxy) is 1. The van der Waals surface area contributed by atoms with Gasteiger partial charge in [-0.15, -0.1) is 0 Å². The lowest BCUT2D eigenvalue weighted by Crippen LogP contribution is -2.54. The Morgan fingerprint density at radius 2 is 1.74 bits per heavy atom. The van der Waals surface area contributed by atoms with Crippen LogP contribution in [-0.4, -0.2) is 29.5 Å². The summed E-state index contributed by atoms with van der Waals surface area (Å²) in [7, 11) is 1.58. The number of hydrogen-bond acceptors (Lipinski definition) is 4. The lowest BCUT2D eigenvalue weighted by Gasteiger charge is -2.27. The van der Waals surface area contributed by atoms with Gasteiger partial charge in [0, 0.05) is 22.6 Å². The fourth-order valence-corrected chi connectivity index (χ4v) is 3.67. The van der Waals surface area contributed by atoms with Crippen molar-refractivity contribution in [2.75, 3.05) is 12.0 Å². The van der Waals surface area contributed by atoms with E-state index in [2.05, 4.69) is 5.32 Å². The van der Waals surface area contributed by atoms with Gasteiger partial charge in [-0.25, -0.2) is 9.69 Å². The third kappa shape index (κ3) is 3.93. The number of aromatic nitrogens is 1. The molecule has 1 saturated heterocycles. The van der Waals surface area contributed by atoms with Crippen molar-refractivity contribution in [3.8, 4) is 11.4 Å². The number of rotatable bonds is 4. The van der Waals surface area contributed by atoms with Crippen LogP contribution < -0.4 is 15.0 Å². The number of amides is 4. The van der Waals surface area contributed by atoms with Crippen molar-refractivity contribution in [2.45, 2.75) is 0 Å². The molecule has 4 rings (SSSR count). The van der Waals surface area contributed by atoms with E-state index >= 15 is 0 Å². The first-order valence-corrected chi connectivity index (χ1v) is 9.83. The normalized spacial score (nSPS) is 15.4. The number of carbonyl (C=O) groups excluding carboxylic acids is 3. The molecule has 9 heteroatoms. The van der Waals surface area contributed by atoms with E-state index in [0.29, 0.717) is 16.5 Å². The molecule has 1 aromatic heterocycles. The summed E-state index contributed by atoms with van der Waals surface area (Å²) in [4.78, 5) is 38.8. The fourth-order valence-electron chi connectivity index (χ4n) is 3.18. The molecule has 7 nitrogen and oxygen atoms in total. The number of hydrogen-bond donors (Lipinski definition) is 1. The van der Waals surface area contributed by atoms with Gasteiger partial charge in [-0.05, 0) is 60.7 Å². The van der Waals surface area contributed by atoms with Crippen LogP contribution in [0.5, 0.6) is 5.75 Å². The summed E-state index contributed by atoms with van der Waals surface area (Å²) in [6, 6.07) is 14.3. The van der Waals surface area contributed by atoms with Crippen molar-refractivity contribution in [1.82, 2.24) is 9.88 Å². The Morgan fingerprint density at radius 1 is 1.00 bits per heavy atom. The first-order chi connectivity index (χ1) is 14.9. The molecular formula is C22H15Cl2N3O4. The Bertz CT molecular complexity index is 1230. The Balaban J connectivity index is 1.74. The zero-order valence-electron chi connectivity index (χ0n) is 16.1. The van der Waals surface area contributed by atoms with Crippen LogP contribution in [0.2, 0.25) is 10.0 Å². The van der Waals surface area contributed by atoms with E-state index in [1.807, 2.05) is 12.1 Å². The number of carbonyl (C=O) groups is 3. The molecule has 0 spiro atoms. The molecule has 4 amide bonds. The third-order valence-electron chi connectivity index (χ3n) is 4.68. The second-order valence-electron chi connectivity index (χ2n) is 6.55.